The third-order valence-electron chi connectivity index (χ3n) is 1.61. The van der Waals surface area contributed by atoms with E-state index in [9.17, 15) is 0 Å². The van der Waals surface area contributed by atoms with Crippen molar-refractivity contribution in [2.45, 2.75) is 0 Å². The van der Waals surface area contributed by atoms with Crippen LogP contribution >= 0.6 is 23.2 Å². The van der Waals surface area contributed by atoms with Crippen molar-refractivity contribution in [3.8, 4) is 0 Å². The Kier molecular flexibility index (Phi) is 1.98. The number of nitrogens with two attached hydrogens (primary N) is 1. The Morgan fingerprint density at radius 3 is 2.31 bits per heavy atom. The molecule has 0 radical (unpaired) electrons. The fourth-order valence-electron chi connectivity index (χ4n) is 1.03. The molecule has 0 fully saturated rings. The molecule has 2 rings (SSSR count). The lowest BCUT2D eigenvalue weighted by Gasteiger charge is -1.99. The number of rotatable bonds is 0. The summed E-state index contributed by atoms with van der Waals surface area (Å²) in [5.74, 6) is 0. The smallest absolute Gasteiger partial charge is 0.167 e. The van der Waals surface area contributed by atoms with E-state index < -0.39 is 0 Å². The van der Waals surface area contributed by atoms with Crippen molar-refractivity contribution in [2.75, 3.05) is 5.73 Å². The standard InChI is InChI=1S/C8H5Cl2N3/c9-7-8(10)13-6-3-4(11)1-2-5(6)12-7/h1-3H,11H2. The van der Waals surface area contributed by atoms with Crippen LogP contribution in [-0.2, 0) is 0 Å². The van der Waals surface area contributed by atoms with Crippen molar-refractivity contribution in [2.24, 2.45) is 0 Å². The average Bonchev–Trinajstić information content (AvgIpc) is 2.08. The fourth-order valence-corrected chi connectivity index (χ4v) is 1.29. The first-order valence-corrected chi connectivity index (χ1v) is 4.31. The number of halogens is 2. The van der Waals surface area contributed by atoms with Gasteiger partial charge in [-0.3, -0.25) is 0 Å². The summed E-state index contributed by atoms with van der Waals surface area (Å²) in [5.41, 5.74) is 7.52. The van der Waals surface area contributed by atoms with Gasteiger partial charge in [0, 0.05) is 5.69 Å². The van der Waals surface area contributed by atoms with E-state index in [1.54, 1.807) is 18.2 Å². The Morgan fingerprint density at radius 1 is 1.00 bits per heavy atom. The van der Waals surface area contributed by atoms with Gasteiger partial charge in [0.1, 0.15) is 0 Å². The van der Waals surface area contributed by atoms with E-state index in [0.717, 1.165) is 0 Å². The first kappa shape index (κ1) is 8.53. The summed E-state index contributed by atoms with van der Waals surface area (Å²) in [6, 6.07) is 5.19. The Balaban J connectivity index is 2.81. The second kappa shape index (κ2) is 3.01. The third-order valence-corrected chi connectivity index (χ3v) is 2.23. The Morgan fingerprint density at radius 2 is 1.62 bits per heavy atom. The van der Waals surface area contributed by atoms with Crippen LogP contribution in [0.15, 0.2) is 18.2 Å². The van der Waals surface area contributed by atoms with Crippen molar-refractivity contribution >= 4 is 39.9 Å². The highest BCUT2D eigenvalue weighted by Crippen LogP contribution is 2.21. The van der Waals surface area contributed by atoms with Crippen molar-refractivity contribution in [1.29, 1.82) is 0 Å². The van der Waals surface area contributed by atoms with Gasteiger partial charge in [-0.2, -0.15) is 0 Å². The predicted molar refractivity (Wildman–Crippen MR) is 54.0 cm³/mol. The molecule has 0 aliphatic rings. The van der Waals surface area contributed by atoms with Gasteiger partial charge < -0.3 is 5.73 Å². The molecular formula is C8H5Cl2N3. The Hall–Kier alpha value is -1.06. The number of aromatic nitrogens is 2. The van der Waals surface area contributed by atoms with Crippen molar-refractivity contribution in [3.63, 3.8) is 0 Å². The minimum Gasteiger partial charge on any atom is -0.399 e. The number of nitrogens with zero attached hydrogens (tertiary/aromatic N) is 2. The van der Waals surface area contributed by atoms with Crippen LogP contribution in [0.1, 0.15) is 0 Å². The van der Waals surface area contributed by atoms with E-state index >= 15 is 0 Å². The van der Waals surface area contributed by atoms with E-state index in [2.05, 4.69) is 9.97 Å². The summed E-state index contributed by atoms with van der Waals surface area (Å²) in [5, 5.41) is 0.402. The lowest BCUT2D eigenvalue weighted by Crippen LogP contribution is -1.89. The maximum Gasteiger partial charge on any atom is 0.167 e. The van der Waals surface area contributed by atoms with Gasteiger partial charge in [-0.15, -0.1) is 0 Å². The monoisotopic (exact) mass is 213 g/mol. The second-order valence-corrected chi connectivity index (χ2v) is 3.27. The van der Waals surface area contributed by atoms with Gasteiger partial charge in [0.05, 0.1) is 11.0 Å². The Labute approximate surface area is 84.5 Å². The first-order valence-electron chi connectivity index (χ1n) is 3.55. The minimum atomic E-state index is 0.194. The van der Waals surface area contributed by atoms with Crippen molar-refractivity contribution < 1.29 is 0 Å². The van der Waals surface area contributed by atoms with Crippen LogP contribution in [0, 0.1) is 0 Å². The molecule has 0 atom stereocenters. The second-order valence-electron chi connectivity index (χ2n) is 2.55. The van der Waals surface area contributed by atoms with Gasteiger partial charge >= 0.3 is 0 Å². The zero-order valence-electron chi connectivity index (χ0n) is 6.46. The number of fused-ring (bicyclic) bond motifs is 1. The lowest BCUT2D eigenvalue weighted by molar-refractivity contribution is 1.29. The molecule has 0 aliphatic carbocycles. The molecular weight excluding hydrogens is 209 g/mol. The number of nitrogen functional groups attached to an aromatic ring is 1. The molecule has 0 bridgehead atoms. The zero-order chi connectivity index (χ0) is 9.42. The summed E-state index contributed by atoms with van der Waals surface area (Å²) >= 11 is 11.4. The normalized spacial score (nSPS) is 10.6. The number of hydrogen-bond acceptors (Lipinski definition) is 3. The molecule has 66 valence electrons. The topological polar surface area (TPSA) is 51.8 Å². The summed E-state index contributed by atoms with van der Waals surface area (Å²) < 4.78 is 0. The van der Waals surface area contributed by atoms with E-state index in [1.165, 1.54) is 0 Å². The van der Waals surface area contributed by atoms with Gasteiger partial charge in [0.15, 0.2) is 10.3 Å². The quantitative estimate of drug-likeness (QED) is 0.685. The number of benzene rings is 1. The highest BCUT2D eigenvalue weighted by atomic mass is 35.5. The molecule has 13 heavy (non-hydrogen) atoms. The minimum absolute atomic E-state index is 0.194. The predicted octanol–water partition coefficient (Wildman–Crippen LogP) is 2.52. The van der Waals surface area contributed by atoms with Crippen LogP contribution in [0.2, 0.25) is 10.3 Å². The number of anilines is 1. The fraction of sp³-hybridized carbons (Fsp3) is 0. The van der Waals surface area contributed by atoms with Crippen molar-refractivity contribution in [3.05, 3.63) is 28.5 Å². The largest absolute Gasteiger partial charge is 0.399 e. The molecule has 0 aliphatic heterocycles. The lowest BCUT2D eigenvalue weighted by atomic mass is 10.3. The van der Waals surface area contributed by atoms with E-state index in [1.807, 2.05) is 0 Å². The molecule has 2 N–H and O–H groups in total. The van der Waals surface area contributed by atoms with E-state index in [4.69, 9.17) is 28.9 Å². The van der Waals surface area contributed by atoms with Crippen LogP contribution in [-0.4, -0.2) is 9.97 Å². The molecule has 0 saturated carbocycles. The molecule has 0 unspecified atom stereocenters. The van der Waals surface area contributed by atoms with Crippen LogP contribution < -0.4 is 5.73 Å². The highest BCUT2D eigenvalue weighted by Gasteiger charge is 2.03. The first-order chi connectivity index (χ1) is 6.16. The van der Waals surface area contributed by atoms with Crippen LogP contribution in [0.25, 0.3) is 11.0 Å². The maximum atomic E-state index is 5.69. The number of hydrogen-bond donors (Lipinski definition) is 1. The summed E-state index contributed by atoms with van der Waals surface area (Å²) in [6.45, 7) is 0. The molecule has 1 heterocycles. The van der Waals surface area contributed by atoms with Crippen molar-refractivity contribution in [1.82, 2.24) is 9.97 Å². The van der Waals surface area contributed by atoms with E-state index in [0.29, 0.717) is 16.7 Å². The third kappa shape index (κ3) is 1.53. The molecule has 0 saturated heterocycles. The Bertz CT molecular complexity index is 470. The van der Waals surface area contributed by atoms with Crippen LogP contribution in [0.4, 0.5) is 5.69 Å². The molecule has 0 spiro atoms. The van der Waals surface area contributed by atoms with E-state index in [-0.39, 0.29) is 10.3 Å². The zero-order valence-corrected chi connectivity index (χ0v) is 7.97. The molecule has 3 nitrogen and oxygen atoms in total. The van der Waals surface area contributed by atoms with Gasteiger partial charge in [0.25, 0.3) is 0 Å². The van der Waals surface area contributed by atoms with Crippen LogP contribution in [0.5, 0.6) is 0 Å². The average molecular weight is 214 g/mol. The highest BCUT2D eigenvalue weighted by molar-refractivity contribution is 6.40. The summed E-state index contributed by atoms with van der Waals surface area (Å²) in [4.78, 5) is 8.06. The SMILES string of the molecule is Nc1ccc2nc(Cl)c(Cl)nc2c1. The molecule has 5 heteroatoms. The summed E-state index contributed by atoms with van der Waals surface area (Å²) in [7, 11) is 0. The maximum absolute atomic E-state index is 5.69. The van der Waals surface area contributed by atoms with Crippen LogP contribution in [0.3, 0.4) is 0 Å². The van der Waals surface area contributed by atoms with Gasteiger partial charge in [0.2, 0.25) is 0 Å². The van der Waals surface area contributed by atoms with Gasteiger partial charge in [-0.25, -0.2) is 9.97 Å². The van der Waals surface area contributed by atoms with Gasteiger partial charge in [-0.1, -0.05) is 23.2 Å². The summed E-state index contributed by atoms with van der Waals surface area (Å²) in [6.07, 6.45) is 0. The molecule has 0 amide bonds. The molecule has 1 aromatic carbocycles. The van der Waals surface area contributed by atoms with Gasteiger partial charge in [-0.05, 0) is 18.2 Å². The molecule has 1 aromatic heterocycles. The molecule has 2 aromatic rings.